The summed E-state index contributed by atoms with van der Waals surface area (Å²) in [5.74, 6) is 1.31. The average Bonchev–Trinajstić information content (AvgIpc) is 2.55. The van der Waals surface area contributed by atoms with Crippen LogP contribution in [0.5, 0.6) is 0 Å². The summed E-state index contributed by atoms with van der Waals surface area (Å²) in [6.07, 6.45) is 3.23. The Kier molecular flexibility index (Phi) is 6.32. The molecule has 1 saturated heterocycles. The third-order valence-corrected chi connectivity index (χ3v) is 7.01. The van der Waals surface area contributed by atoms with Gasteiger partial charge in [0.25, 0.3) is 10.0 Å². The van der Waals surface area contributed by atoms with Crippen molar-refractivity contribution >= 4 is 44.9 Å². The molecular weight excluding hydrogens is 354 g/mol. The SMILES string of the molecule is CC(=O)SC/C=C1\SCCCN1S(=O)(=O)c1ccc(C=O)cc1. The minimum absolute atomic E-state index is 0.00141. The molecule has 0 bridgehead atoms. The molecule has 0 aliphatic carbocycles. The molecule has 1 aliphatic rings. The lowest BCUT2D eigenvalue weighted by molar-refractivity contribution is -0.109. The zero-order chi connectivity index (χ0) is 16.9. The van der Waals surface area contributed by atoms with Crippen LogP contribution >= 0.6 is 23.5 Å². The standard InChI is InChI=1S/C15H17NO4S3/c1-12(18)21-10-7-15-16(8-2-9-22-15)23(19,20)14-5-3-13(11-17)4-6-14/h3-7,11H,2,8-10H2,1H3/b15-7-. The summed E-state index contributed by atoms with van der Waals surface area (Å²) in [7, 11) is -3.65. The van der Waals surface area contributed by atoms with E-state index in [0.717, 1.165) is 23.9 Å². The van der Waals surface area contributed by atoms with Gasteiger partial charge in [-0.3, -0.25) is 13.9 Å². The minimum Gasteiger partial charge on any atom is -0.298 e. The molecule has 0 aromatic heterocycles. The summed E-state index contributed by atoms with van der Waals surface area (Å²) in [6.45, 7) is 1.90. The van der Waals surface area contributed by atoms with Gasteiger partial charge in [0.1, 0.15) is 6.29 Å². The second-order valence-corrected chi connectivity index (χ2v) is 8.99. The van der Waals surface area contributed by atoms with Crippen LogP contribution in [0.2, 0.25) is 0 Å². The third kappa shape index (κ3) is 4.62. The second kappa shape index (κ2) is 8.03. The Labute approximate surface area is 144 Å². The molecule has 0 N–H and O–H groups in total. The summed E-state index contributed by atoms with van der Waals surface area (Å²) in [5, 5.41) is 0.658. The molecule has 0 atom stereocenters. The van der Waals surface area contributed by atoms with E-state index in [0.29, 0.717) is 29.2 Å². The van der Waals surface area contributed by atoms with Gasteiger partial charge in [0.15, 0.2) is 5.12 Å². The molecule has 1 heterocycles. The molecule has 0 radical (unpaired) electrons. The smallest absolute Gasteiger partial charge is 0.264 e. The van der Waals surface area contributed by atoms with Crippen molar-refractivity contribution in [3.05, 3.63) is 40.9 Å². The van der Waals surface area contributed by atoms with Gasteiger partial charge >= 0.3 is 0 Å². The highest BCUT2D eigenvalue weighted by atomic mass is 32.2. The molecule has 124 valence electrons. The second-order valence-electron chi connectivity index (χ2n) is 4.81. The van der Waals surface area contributed by atoms with E-state index in [9.17, 15) is 18.0 Å². The number of benzene rings is 1. The fourth-order valence-electron chi connectivity index (χ4n) is 2.04. The van der Waals surface area contributed by atoms with Crippen molar-refractivity contribution in [1.29, 1.82) is 0 Å². The Hall–Kier alpha value is -1.25. The molecular formula is C15H17NO4S3. The molecule has 2 rings (SSSR count). The average molecular weight is 372 g/mol. The quantitative estimate of drug-likeness (QED) is 0.741. The summed E-state index contributed by atoms with van der Waals surface area (Å²) >= 11 is 2.63. The van der Waals surface area contributed by atoms with Crippen molar-refractivity contribution in [2.75, 3.05) is 18.1 Å². The number of aldehydes is 1. The maximum absolute atomic E-state index is 12.8. The van der Waals surface area contributed by atoms with Gasteiger partial charge in [-0.25, -0.2) is 8.42 Å². The topological polar surface area (TPSA) is 71.5 Å². The summed E-state index contributed by atoms with van der Waals surface area (Å²) in [4.78, 5) is 21.9. The van der Waals surface area contributed by atoms with Gasteiger partial charge in [0.2, 0.25) is 0 Å². The highest BCUT2D eigenvalue weighted by molar-refractivity contribution is 8.13. The summed E-state index contributed by atoms with van der Waals surface area (Å²) in [5.41, 5.74) is 0.436. The third-order valence-electron chi connectivity index (χ3n) is 3.15. The number of carbonyl (C=O) groups is 2. The Morgan fingerprint density at radius 2 is 2.04 bits per heavy atom. The van der Waals surface area contributed by atoms with Crippen molar-refractivity contribution in [3.63, 3.8) is 0 Å². The molecule has 0 unspecified atom stereocenters. The van der Waals surface area contributed by atoms with E-state index in [2.05, 4.69) is 0 Å². The van der Waals surface area contributed by atoms with Gasteiger partial charge in [-0.05, 0) is 24.6 Å². The molecule has 1 aromatic carbocycles. The van der Waals surface area contributed by atoms with Crippen LogP contribution in [0.15, 0.2) is 40.3 Å². The van der Waals surface area contributed by atoms with Crippen LogP contribution < -0.4 is 0 Å². The van der Waals surface area contributed by atoms with Crippen LogP contribution in [0.3, 0.4) is 0 Å². The molecule has 8 heteroatoms. The van der Waals surface area contributed by atoms with Crippen LogP contribution in [0.1, 0.15) is 23.7 Å². The lowest BCUT2D eigenvalue weighted by Crippen LogP contribution is -2.33. The first-order chi connectivity index (χ1) is 10.9. The zero-order valence-corrected chi connectivity index (χ0v) is 15.0. The predicted octanol–water partition coefficient (Wildman–Crippen LogP) is 2.75. The highest BCUT2D eigenvalue weighted by Gasteiger charge is 2.28. The predicted molar refractivity (Wildman–Crippen MR) is 94.0 cm³/mol. The van der Waals surface area contributed by atoms with Crippen molar-refractivity contribution in [1.82, 2.24) is 4.31 Å². The van der Waals surface area contributed by atoms with E-state index in [1.165, 1.54) is 47.3 Å². The van der Waals surface area contributed by atoms with Gasteiger partial charge in [-0.2, -0.15) is 0 Å². The van der Waals surface area contributed by atoms with Crippen molar-refractivity contribution in [2.45, 2.75) is 18.2 Å². The molecule has 1 aliphatic heterocycles. The Morgan fingerprint density at radius 3 is 2.65 bits per heavy atom. The number of nitrogens with zero attached hydrogens (tertiary/aromatic N) is 1. The number of sulfonamides is 1. The van der Waals surface area contributed by atoms with Crippen LogP contribution in [0.4, 0.5) is 0 Å². The largest absolute Gasteiger partial charge is 0.298 e. The lowest BCUT2D eigenvalue weighted by atomic mass is 10.2. The number of thioether (sulfide) groups is 2. The minimum atomic E-state index is -3.65. The highest BCUT2D eigenvalue weighted by Crippen LogP contribution is 2.32. The van der Waals surface area contributed by atoms with Crippen LogP contribution in [0.25, 0.3) is 0 Å². The van der Waals surface area contributed by atoms with E-state index in [1.54, 1.807) is 6.08 Å². The molecule has 23 heavy (non-hydrogen) atoms. The van der Waals surface area contributed by atoms with Gasteiger partial charge in [0, 0.05) is 30.5 Å². The number of hydrogen-bond donors (Lipinski definition) is 0. The summed E-state index contributed by atoms with van der Waals surface area (Å²) < 4.78 is 27.0. The maximum Gasteiger partial charge on any atom is 0.264 e. The Bertz CT molecular complexity index is 711. The van der Waals surface area contributed by atoms with Gasteiger partial charge in [-0.15, -0.1) is 11.8 Å². The molecule has 0 spiro atoms. The lowest BCUT2D eigenvalue weighted by Gasteiger charge is -2.30. The fourth-order valence-corrected chi connectivity index (χ4v) is 5.41. The van der Waals surface area contributed by atoms with Crippen molar-refractivity contribution in [3.8, 4) is 0 Å². The van der Waals surface area contributed by atoms with Crippen LogP contribution in [0, 0.1) is 0 Å². The maximum atomic E-state index is 12.8. The molecule has 1 aromatic rings. The first-order valence-electron chi connectivity index (χ1n) is 6.99. The summed E-state index contributed by atoms with van der Waals surface area (Å²) in [6, 6.07) is 5.87. The van der Waals surface area contributed by atoms with Gasteiger partial charge < -0.3 is 0 Å². The van der Waals surface area contributed by atoms with Gasteiger partial charge in [-0.1, -0.05) is 23.9 Å². The van der Waals surface area contributed by atoms with E-state index in [1.807, 2.05) is 0 Å². The number of hydrogen-bond acceptors (Lipinski definition) is 6. The first-order valence-corrected chi connectivity index (χ1v) is 10.4. The van der Waals surface area contributed by atoms with Crippen molar-refractivity contribution < 1.29 is 18.0 Å². The van der Waals surface area contributed by atoms with E-state index >= 15 is 0 Å². The Balaban J connectivity index is 2.26. The molecule has 1 fully saturated rings. The van der Waals surface area contributed by atoms with Crippen LogP contribution in [-0.4, -0.2) is 42.2 Å². The molecule has 0 saturated carbocycles. The van der Waals surface area contributed by atoms with E-state index < -0.39 is 10.0 Å². The number of carbonyl (C=O) groups excluding carboxylic acids is 2. The van der Waals surface area contributed by atoms with Crippen LogP contribution in [-0.2, 0) is 14.8 Å². The van der Waals surface area contributed by atoms with Gasteiger partial charge in [0.05, 0.1) is 9.92 Å². The monoisotopic (exact) mass is 371 g/mol. The molecule has 0 amide bonds. The number of rotatable bonds is 5. The van der Waals surface area contributed by atoms with E-state index in [4.69, 9.17) is 0 Å². The first kappa shape index (κ1) is 18.1. The van der Waals surface area contributed by atoms with Crippen molar-refractivity contribution in [2.24, 2.45) is 0 Å². The Morgan fingerprint density at radius 1 is 1.35 bits per heavy atom. The fraction of sp³-hybridized carbons (Fsp3) is 0.333. The normalized spacial score (nSPS) is 17.3. The zero-order valence-electron chi connectivity index (χ0n) is 12.6. The van der Waals surface area contributed by atoms with E-state index in [-0.39, 0.29) is 10.0 Å². The molecule has 5 nitrogen and oxygen atoms in total.